The van der Waals surface area contributed by atoms with Gasteiger partial charge in [0, 0.05) is 17.2 Å². The summed E-state index contributed by atoms with van der Waals surface area (Å²) in [7, 11) is 3.00. The first-order valence-electron chi connectivity index (χ1n) is 8.51. The number of para-hydroxylation sites is 1. The first-order chi connectivity index (χ1) is 13.6. The van der Waals surface area contributed by atoms with Gasteiger partial charge in [-0.05, 0) is 31.2 Å². The van der Waals surface area contributed by atoms with Gasteiger partial charge >= 0.3 is 5.97 Å². The third-order valence-electron chi connectivity index (χ3n) is 3.55. The smallest absolute Gasteiger partial charge is 0.344 e. The van der Waals surface area contributed by atoms with Crippen LogP contribution in [0.5, 0.6) is 17.2 Å². The van der Waals surface area contributed by atoms with Crippen molar-refractivity contribution in [2.75, 3.05) is 27.4 Å². The van der Waals surface area contributed by atoms with Gasteiger partial charge in [0.25, 0.3) is 5.91 Å². The number of rotatable bonds is 9. The van der Waals surface area contributed by atoms with Crippen molar-refractivity contribution in [3.05, 3.63) is 53.6 Å². The summed E-state index contributed by atoms with van der Waals surface area (Å²) in [6.45, 7) is 1.79. The van der Waals surface area contributed by atoms with E-state index < -0.39 is 11.9 Å². The van der Waals surface area contributed by atoms with Crippen LogP contribution in [0.25, 0.3) is 0 Å². The van der Waals surface area contributed by atoms with Crippen LogP contribution >= 0.6 is 0 Å². The third kappa shape index (κ3) is 6.01. The monoisotopic (exact) mass is 386 g/mol. The molecular weight excluding hydrogens is 364 g/mol. The number of benzene rings is 2. The number of nitrogens with zero attached hydrogens (tertiary/aromatic N) is 1. The average Bonchev–Trinajstić information content (AvgIpc) is 2.72. The van der Waals surface area contributed by atoms with Crippen LogP contribution in [-0.4, -0.2) is 45.5 Å². The summed E-state index contributed by atoms with van der Waals surface area (Å²) in [5.74, 6) is 0.530. The Morgan fingerprint density at radius 1 is 1.07 bits per heavy atom. The molecule has 28 heavy (non-hydrogen) atoms. The minimum absolute atomic E-state index is 0.214. The van der Waals surface area contributed by atoms with E-state index in [4.69, 9.17) is 18.9 Å². The first-order valence-corrected chi connectivity index (χ1v) is 8.51. The van der Waals surface area contributed by atoms with Crippen molar-refractivity contribution in [1.82, 2.24) is 5.43 Å². The Bertz CT molecular complexity index is 828. The Kier molecular flexibility index (Phi) is 7.83. The molecule has 0 fully saturated rings. The standard InChI is InChI=1S/C20H22N2O6/c1-4-27-19(23)13-28-18-8-6-5-7-14(18)12-21-22-20(24)15-9-16(25-2)11-17(10-15)26-3/h5-12H,4,13H2,1-3H3,(H,22,24). The number of esters is 1. The predicted molar refractivity (Wildman–Crippen MR) is 103 cm³/mol. The van der Waals surface area contributed by atoms with Gasteiger partial charge in [-0.2, -0.15) is 5.10 Å². The number of amides is 1. The van der Waals surface area contributed by atoms with E-state index in [0.717, 1.165) is 0 Å². The maximum Gasteiger partial charge on any atom is 0.344 e. The Morgan fingerprint density at radius 3 is 2.39 bits per heavy atom. The fourth-order valence-corrected chi connectivity index (χ4v) is 2.22. The summed E-state index contributed by atoms with van der Waals surface area (Å²) >= 11 is 0. The van der Waals surface area contributed by atoms with E-state index in [1.807, 2.05) is 0 Å². The molecule has 0 spiro atoms. The number of carbonyl (C=O) groups excluding carboxylic acids is 2. The van der Waals surface area contributed by atoms with E-state index in [0.29, 0.717) is 28.4 Å². The number of hydrogen-bond donors (Lipinski definition) is 1. The average molecular weight is 386 g/mol. The normalized spacial score (nSPS) is 10.4. The predicted octanol–water partition coefficient (Wildman–Crippen LogP) is 2.41. The second-order valence-corrected chi connectivity index (χ2v) is 5.43. The highest BCUT2D eigenvalue weighted by atomic mass is 16.6. The molecule has 2 aromatic rings. The van der Waals surface area contributed by atoms with Gasteiger partial charge < -0.3 is 18.9 Å². The van der Waals surface area contributed by atoms with Gasteiger partial charge in [-0.25, -0.2) is 10.2 Å². The molecule has 0 bridgehead atoms. The van der Waals surface area contributed by atoms with Gasteiger partial charge in [0.2, 0.25) is 0 Å². The van der Waals surface area contributed by atoms with Crippen molar-refractivity contribution in [2.24, 2.45) is 5.10 Å². The molecule has 0 unspecified atom stereocenters. The van der Waals surface area contributed by atoms with E-state index in [1.54, 1.807) is 49.4 Å². The summed E-state index contributed by atoms with van der Waals surface area (Å²) in [5.41, 5.74) is 3.36. The third-order valence-corrected chi connectivity index (χ3v) is 3.55. The lowest BCUT2D eigenvalue weighted by Crippen LogP contribution is -2.18. The summed E-state index contributed by atoms with van der Waals surface area (Å²) < 4.78 is 20.6. The largest absolute Gasteiger partial charge is 0.497 e. The van der Waals surface area contributed by atoms with Crippen LogP contribution in [-0.2, 0) is 9.53 Å². The first kappa shape index (κ1) is 20.8. The minimum Gasteiger partial charge on any atom is -0.497 e. The van der Waals surface area contributed by atoms with Crippen LogP contribution in [0, 0.1) is 0 Å². The highest BCUT2D eigenvalue weighted by Crippen LogP contribution is 2.22. The second kappa shape index (κ2) is 10.6. The lowest BCUT2D eigenvalue weighted by molar-refractivity contribution is -0.145. The topological polar surface area (TPSA) is 95.5 Å². The Morgan fingerprint density at radius 2 is 1.75 bits per heavy atom. The van der Waals surface area contributed by atoms with E-state index in [2.05, 4.69) is 10.5 Å². The highest BCUT2D eigenvalue weighted by Gasteiger charge is 2.10. The molecule has 0 saturated heterocycles. The molecule has 1 amide bonds. The quantitative estimate of drug-likeness (QED) is 0.404. The lowest BCUT2D eigenvalue weighted by Gasteiger charge is -2.08. The van der Waals surface area contributed by atoms with Crippen LogP contribution in [0.15, 0.2) is 47.6 Å². The van der Waals surface area contributed by atoms with E-state index >= 15 is 0 Å². The number of nitrogens with one attached hydrogen (secondary N) is 1. The summed E-state index contributed by atoms with van der Waals surface area (Å²) in [6.07, 6.45) is 1.43. The van der Waals surface area contributed by atoms with Crippen molar-refractivity contribution >= 4 is 18.1 Å². The zero-order valence-corrected chi connectivity index (χ0v) is 15.9. The number of methoxy groups -OCH3 is 2. The molecule has 2 rings (SSSR count). The van der Waals surface area contributed by atoms with Crippen molar-refractivity contribution in [3.63, 3.8) is 0 Å². The Balaban J connectivity index is 2.04. The lowest BCUT2D eigenvalue weighted by atomic mass is 10.2. The summed E-state index contributed by atoms with van der Waals surface area (Å²) in [6, 6.07) is 11.8. The van der Waals surface area contributed by atoms with Gasteiger partial charge in [0.15, 0.2) is 6.61 Å². The molecule has 148 valence electrons. The van der Waals surface area contributed by atoms with Crippen molar-refractivity contribution < 1.29 is 28.5 Å². The molecule has 0 atom stereocenters. The summed E-state index contributed by atoms with van der Waals surface area (Å²) in [5, 5.41) is 3.95. The highest BCUT2D eigenvalue weighted by molar-refractivity contribution is 5.96. The molecule has 0 aliphatic heterocycles. The van der Waals surface area contributed by atoms with Crippen LogP contribution in [0.1, 0.15) is 22.8 Å². The van der Waals surface area contributed by atoms with Gasteiger partial charge in [-0.3, -0.25) is 4.79 Å². The Hall–Kier alpha value is -3.55. The molecule has 8 nitrogen and oxygen atoms in total. The zero-order valence-electron chi connectivity index (χ0n) is 15.9. The maximum atomic E-state index is 12.3. The van der Waals surface area contributed by atoms with Gasteiger partial charge in [-0.15, -0.1) is 0 Å². The minimum atomic E-state index is -0.463. The molecule has 0 aliphatic rings. The molecule has 1 N–H and O–H groups in total. The van der Waals surface area contributed by atoms with Gasteiger partial charge in [0.1, 0.15) is 17.2 Å². The molecule has 0 saturated carbocycles. The van der Waals surface area contributed by atoms with Crippen LogP contribution in [0.3, 0.4) is 0 Å². The SMILES string of the molecule is CCOC(=O)COc1ccccc1C=NNC(=O)c1cc(OC)cc(OC)c1. The van der Waals surface area contributed by atoms with Crippen molar-refractivity contribution in [3.8, 4) is 17.2 Å². The molecular formula is C20H22N2O6. The summed E-state index contributed by atoms with van der Waals surface area (Å²) in [4.78, 5) is 23.7. The van der Waals surface area contributed by atoms with Crippen LogP contribution in [0.4, 0.5) is 0 Å². The van der Waals surface area contributed by atoms with E-state index in [-0.39, 0.29) is 13.2 Å². The number of ether oxygens (including phenoxy) is 4. The van der Waals surface area contributed by atoms with Crippen LogP contribution in [0.2, 0.25) is 0 Å². The van der Waals surface area contributed by atoms with Crippen molar-refractivity contribution in [1.29, 1.82) is 0 Å². The molecule has 0 aliphatic carbocycles. The number of hydrogen-bond acceptors (Lipinski definition) is 7. The number of hydrazone groups is 1. The molecule has 0 aromatic heterocycles. The molecule has 0 radical (unpaired) electrons. The Labute approximate surface area is 163 Å². The fraction of sp³-hybridized carbons (Fsp3) is 0.250. The van der Waals surface area contributed by atoms with Gasteiger partial charge in [0.05, 0.1) is 27.0 Å². The second-order valence-electron chi connectivity index (χ2n) is 5.43. The maximum absolute atomic E-state index is 12.3. The van der Waals surface area contributed by atoms with Crippen molar-refractivity contribution in [2.45, 2.75) is 6.92 Å². The molecule has 2 aromatic carbocycles. The van der Waals surface area contributed by atoms with Crippen LogP contribution < -0.4 is 19.6 Å². The zero-order chi connectivity index (χ0) is 20.4. The fourth-order valence-electron chi connectivity index (χ4n) is 2.22. The van der Waals surface area contributed by atoms with E-state index in [1.165, 1.54) is 20.4 Å². The molecule has 0 heterocycles. The van der Waals surface area contributed by atoms with Gasteiger partial charge in [-0.1, -0.05) is 12.1 Å². The molecule has 8 heteroatoms. The van der Waals surface area contributed by atoms with E-state index in [9.17, 15) is 9.59 Å². The number of carbonyl (C=O) groups is 2.